The van der Waals surface area contributed by atoms with Crippen LogP contribution in [0.1, 0.15) is 110 Å². The molecule has 4 bridgehead atoms. The molecule has 2 unspecified atom stereocenters. The number of carbonyl (C=O) groups excluding carboxylic acids is 4. The number of esters is 2. The van der Waals surface area contributed by atoms with E-state index in [1.807, 2.05) is 24.8 Å². The van der Waals surface area contributed by atoms with Gasteiger partial charge in [0.2, 0.25) is 11.8 Å². The lowest BCUT2D eigenvalue weighted by molar-refractivity contribution is -0.173. The molecule has 0 radical (unpaired) electrons. The summed E-state index contributed by atoms with van der Waals surface area (Å²) in [6.07, 6.45) is 10.2. The number of hydrogen-bond acceptors (Lipinski definition) is 9. The summed E-state index contributed by atoms with van der Waals surface area (Å²) in [4.78, 5) is 55.5. The van der Waals surface area contributed by atoms with Crippen LogP contribution < -0.4 is 10.6 Å². The number of amides is 2. The van der Waals surface area contributed by atoms with E-state index in [0.717, 1.165) is 83.7 Å². The van der Waals surface area contributed by atoms with Crippen molar-refractivity contribution in [2.75, 3.05) is 45.9 Å². The quantitative estimate of drug-likeness (QED) is 0.298. The normalized spacial score (nSPS) is 35.8. The van der Waals surface area contributed by atoms with Crippen LogP contribution in [0.4, 0.5) is 4.39 Å². The molecule has 2 saturated heterocycles. The zero-order chi connectivity index (χ0) is 34.2. The van der Waals surface area contributed by atoms with Gasteiger partial charge in [0, 0.05) is 36.0 Å². The van der Waals surface area contributed by atoms with Crippen LogP contribution in [0, 0.1) is 27.6 Å². The van der Waals surface area contributed by atoms with Crippen molar-refractivity contribution >= 4 is 23.8 Å². The van der Waals surface area contributed by atoms with Crippen LogP contribution >= 0.6 is 0 Å². The van der Waals surface area contributed by atoms with Gasteiger partial charge < -0.3 is 29.9 Å². The van der Waals surface area contributed by atoms with Crippen LogP contribution in [0.15, 0.2) is 0 Å². The van der Waals surface area contributed by atoms with Crippen molar-refractivity contribution in [3.63, 3.8) is 0 Å². The fourth-order valence-corrected chi connectivity index (χ4v) is 9.27. The van der Waals surface area contributed by atoms with Crippen LogP contribution in [0.25, 0.3) is 0 Å². The second-order valence-electron chi connectivity index (χ2n) is 16.8. The van der Waals surface area contributed by atoms with Crippen molar-refractivity contribution in [1.82, 2.24) is 20.4 Å². The van der Waals surface area contributed by atoms with Crippen molar-refractivity contribution in [3.05, 3.63) is 0 Å². The summed E-state index contributed by atoms with van der Waals surface area (Å²) >= 11 is 0. The Bertz CT molecular complexity index is 1260. The van der Waals surface area contributed by atoms with Crippen LogP contribution in [0.5, 0.6) is 0 Å². The molecule has 0 spiro atoms. The van der Waals surface area contributed by atoms with E-state index in [9.17, 15) is 28.8 Å². The average Bonchev–Trinajstić information content (AvgIpc) is 3.79. The topological polar surface area (TPSA) is 141 Å². The fourth-order valence-electron chi connectivity index (χ4n) is 9.27. The summed E-state index contributed by atoms with van der Waals surface area (Å²) in [5.41, 5.74) is -1.84. The third-order valence-corrected chi connectivity index (χ3v) is 13.0. The maximum Gasteiger partial charge on any atom is 0.312 e. The van der Waals surface area contributed by atoms with Gasteiger partial charge in [0.25, 0.3) is 0 Å². The number of halogens is 1. The zero-order valence-corrected chi connectivity index (χ0v) is 28.9. The van der Waals surface area contributed by atoms with Gasteiger partial charge in [0.1, 0.15) is 12.2 Å². The molecule has 48 heavy (non-hydrogen) atoms. The first kappa shape index (κ1) is 35.1. The minimum absolute atomic E-state index is 0.0291. The Balaban J connectivity index is 0.911. The molecule has 12 heteroatoms. The summed E-state index contributed by atoms with van der Waals surface area (Å²) in [7, 11) is 0. The minimum atomic E-state index is -1.16. The van der Waals surface area contributed by atoms with E-state index in [-0.39, 0.29) is 67.6 Å². The number of ether oxygens (including phenoxy) is 2. The molecule has 8 fully saturated rings. The third kappa shape index (κ3) is 7.09. The number of nitrogens with one attached hydrogen (secondary N) is 2. The first-order valence-corrected chi connectivity index (χ1v) is 18.3. The Kier molecular flexibility index (Phi) is 9.86. The molecule has 0 aromatic carbocycles. The van der Waals surface area contributed by atoms with Crippen molar-refractivity contribution in [2.24, 2.45) is 16.2 Å². The maximum atomic E-state index is 13.8. The lowest BCUT2D eigenvalue weighted by atomic mass is 9.57. The van der Waals surface area contributed by atoms with E-state index in [1.54, 1.807) is 0 Å². The van der Waals surface area contributed by atoms with Crippen LogP contribution in [-0.2, 0) is 28.7 Å². The van der Waals surface area contributed by atoms with Gasteiger partial charge in [0.15, 0.2) is 0 Å². The van der Waals surface area contributed by atoms with Crippen LogP contribution in [-0.4, -0.2) is 103 Å². The van der Waals surface area contributed by atoms with E-state index in [0.29, 0.717) is 25.8 Å². The summed E-state index contributed by atoms with van der Waals surface area (Å²) in [5, 5.41) is 16.3. The van der Waals surface area contributed by atoms with Gasteiger partial charge in [-0.25, -0.2) is 4.39 Å². The highest BCUT2D eigenvalue weighted by molar-refractivity contribution is 5.80. The molecule has 266 valence electrons. The Morgan fingerprint density at radius 1 is 0.771 bits per heavy atom. The highest BCUT2D eigenvalue weighted by Gasteiger charge is 2.55. The molecule has 2 N–H and O–H groups in total. The molecule has 2 atom stereocenters. The summed E-state index contributed by atoms with van der Waals surface area (Å²) < 4.78 is 25.6. The van der Waals surface area contributed by atoms with Crippen LogP contribution in [0.3, 0.4) is 0 Å². The van der Waals surface area contributed by atoms with Crippen molar-refractivity contribution < 1.29 is 33.0 Å². The average molecular weight is 672 g/mol. The number of likely N-dealkylation sites (tertiary alicyclic amines) is 2. The third-order valence-electron chi connectivity index (χ3n) is 13.0. The van der Waals surface area contributed by atoms with Crippen molar-refractivity contribution in [3.8, 4) is 6.07 Å². The Hall–Kier alpha value is -2.78. The van der Waals surface area contributed by atoms with E-state index in [1.165, 1.54) is 4.90 Å². The predicted octanol–water partition coefficient (Wildman–Crippen LogP) is 3.55. The van der Waals surface area contributed by atoms with Gasteiger partial charge in [-0.3, -0.25) is 19.2 Å². The summed E-state index contributed by atoms with van der Waals surface area (Å²) in [6, 6.07) is 1.32. The largest absolute Gasteiger partial charge is 0.465 e. The fraction of sp³-hybridized carbons (Fsp3) is 0.861. The van der Waals surface area contributed by atoms with Crippen LogP contribution in [0.2, 0.25) is 0 Å². The standard InChI is InChI=1S/C36H54FN5O6/c1-32(2,24-47-30(45)33-5-11-35(12-6-33,13-7-33)39-21-28(43)41-17-3-4-18-41)25-48-31(46)34-8-14-36(15-9-34,16-10-34)40-22-29(44)42-23-26(37)19-27(42)20-38/h26-27,39-40H,3-19,21-25H2,1-2H3. The summed E-state index contributed by atoms with van der Waals surface area (Å²) in [6.45, 7) is 6.37. The highest BCUT2D eigenvalue weighted by Crippen LogP contribution is 2.54. The number of nitrogens with zero attached hydrogens (tertiary/aromatic N) is 3. The molecule has 2 aliphatic heterocycles. The molecule has 8 aliphatic rings. The smallest absolute Gasteiger partial charge is 0.312 e. The van der Waals surface area contributed by atoms with Crippen molar-refractivity contribution in [1.29, 1.82) is 5.26 Å². The lowest BCUT2D eigenvalue weighted by Gasteiger charge is -2.52. The lowest BCUT2D eigenvalue weighted by Crippen LogP contribution is -2.59. The van der Waals surface area contributed by atoms with E-state index < -0.39 is 28.5 Å². The molecule has 2 amide bonds. The second-order valence-corrected chi connectivity index (χ2v) is 16.8. The Labute approximate surface area is 284 Å². The number of fused-ring (bicyclic) bond motifs is 6. The Morgan fingerprint density at radius 3 is 1.65 bits per heavy atom. The first-order valence-electron chi connectivity index (χ1n) is 18.3. The van der Waals surface area contributed by atoms with E-state index in [4.69, 9.17) is 9.47 Å². The molecule has 6 saturated carbocycles. The van der Waals surface area contributed by atoms with Gasteiger partial charge in [-0.05, 0) is 89.9 Å². The molecular formula is C36H54FN5O6. The monoisotopic (exact) mass is 671 g/mol. The van der Waals surface area contributed by atoms with Gasteiger partial charge in [-0.1, -0.05) is 13.8 Å². The first-order chi connectivity index (χ1) is 22.8. The SMILES string of the molecule is CC(C)(COC(=O)C12CCC(NCC(=O)N3CCCC3)(CC1)CC2)COC(=O)C12CCC(NCC(=O)N3CC(F)CC3C#N)(CC1)CC2. The molecular weight excluding hydrogens is 617 g/mol. The number of hydrogen-bond donors (Lipinski definition) is 2. The number of carbonyl (C=O) groups is 4. The molecule has 0 aromatic rings. The number of nitriles is 1. The van der Waals surface area contributed by atoms with Gasteiger partial charge in [-0.15, -0.1) is 0 Å². The zero-order valence-electron chi connectivity index (χ0n) is 28.9. The maximum absolute atomic E-state index is 13.8. The molecule has 8 rings (SSSR count). The molecule has 0 aromatic heterocycles. The van der Waals surface area contributed by atoms with Crippen molar-refractivity contribution in [2.45, 2.75) is 133 Å². The molecule has 11 nitrogen and oxygen atoms in total. The molecule has 2 heterocycles. The molecule has 6 aliphatic carbocycles. The van der Waals surface area contributed by atoms with E-state index in [2.05, 4.69) is 10.6 Å². The number of rotatable bonds is 12. The van der Waals surface area contributed by atoms with Gasteiger partial charge in [0.05, 0.1) is 49.7 Å². The Morgan fingerprint density at radius 2 is 1.21 bits per heavy atom. The number of alkyl halides is 1. The second kappa shape index (κ2) is 13.5. The predicted molar refractivity (Wildman–Crippen MR) is 174 cm³/mol. The summed E-state index contributed by atoms with van der Waals surface area (Å²) in [5.74, 6) is -0.418. The minimum Gasteiger partial charge on any atom is -0.465 e. The van der Waals surface area contributed by atoms with Gasteiger partial charge in [-0.2, -0.15) is 5.26 Å². The van der Waals surface area contributed by atoms with E-state index >= 15 is 0 Å². The highest BCUT2D eigenvalue weighted by atomic mass is 19.1. The van der Waals surface area contributed by atoms with Gasteiger partial charge >= 0.3 is 11.9 Å².